The fourth-order valence-corrected chi connectivity index (χ4v) is 3.24. The van der Waals surface area contributed by atoms with E-state index in [1.165, 1.54) is 0 Å². The van der Waals surface area contributed by atoms with Crippen molar-refractivity contribution in [2.24, 2.45) is 0 Å². The van der Waals surface area contributed by atoms with Gasteiger partial charge in [-0.1, -0.05) is 18.2 Å². The largest absolute Gasteiger partial charge is 0.490 e. The van der Waals surface area contributed by atoms with Gasteiger partial charge >= 0.3 is 5.97 Å². The standard InChI is InChI=1S/C22H25NO5/c1-4-26-19-11-10-17(14-20(19)27-5-2)22(25)28-15(3)21(24)23-13-12-16-8-6-7-9-18(16)23/h6-11,14-15H,4-5,12-13H2,1-3H3. The predicted octanol–water partition coefficient (Wildman–Crippen LogP) is 3.62. The van der Waals surface area contributed by atoms with Crippen molar-refractivity contribution in [3.8, 4) is 11.5 Å². The van der Waals surface area contributed by atoms with Gasteiger partial charge in [0, 0.05) is 12.2 Å². The van der Waals surface area contributed by atoms with E-state index in [9.17, 15) is 9.59 Å². The third-order valence-electron chi connectivity index (χ3n) is 4.56. The summed E-state index contributed by atoms with van der Waals surface area (Å²) in [7, 11) is 0. The normalized spacial score (nSPS) is 13.6. The van der Waals surface area contributed by atoms with Gasteiger partial charge in [0.1, 0.15) is 0 Å². The number of carbonyl (C=O) groups is 2. The molecule has 6 nitrogen and oxygen atoms in total. The Morgan fingerprint density at radius 2 is 1.75 bits per heavy atom. The smallest absolute Gasteiger partial charge is 0.339 e. The molecule has 1 amide bonds. The first-order valence-electron chi connectivity index (χ1n) is 9.55. The SMILES string of the molecule is CCOc1ccc(C(=O)OC(C)C(=O)N2CCc3ccccc32)cc1OCC. The van der Waals surface area contributed by atoms with Crippen molar-refractivity contribution in [1.29, 1.82) is 0 Å². The lowest BCUT2D eigenvalue weighted by Gasteiger charge is -2.22. The Bertz CT molecular complexity index is 864. The van der Waals surface area contributed by atoms with Gasteiger partial charge in [-0.2, -0.15) is 0 Å². The van der Waals surface area contributed by atoms with Gasteiger partial charge in [0.15, 0.2) is 17.6 Å². The van der Waals surface area contributed by atoms with Crippen LogP contribution in [0.1, 0.15) is 36.7 Å². The fourth-order valence-electron chi connectivity index (χ4n) is 3.24. The highest BCUT2D eigenvalue weighted by molar-refractivity contribution is 6.00. The third kappa shape index (κ3) is 4.11. The number of ether oxygens (including phenoxy) is 3. The van der Waals surface area contributed by atoms with E-state index in [0.717, 1.165) is 17.7 Å². The molecule has 1 heterocycles. The first-order chi connectivity index (χ1) is 13.5. The second kappa shape index (κ2) is 8.78. The zero-order chi connectivity index (χ0) is 20.1. The number of para-hydroxylation sites is 1. The van der Waals surface area contributed by atoms with Crippen molar-refractivity contribution >= 4 is 17.6 Å². The number of fused-ring (bicyclic) bond motifs is 1. The first-order valence-corrected chi connectivity index (χ1v) is 9.55. The maximum atomic E-state index is 12.8. The number of hydrogen-bond donors (Lipinski definition) is 0. The second-order valence-corrected chi connectivity index (χ2v) is 6.44. The van der Waals surface area contributed by atoms with Crippen LogP contribution in [-0.2, 0) is 16.0 Å². The molecule has 2 aromatic rings. The summed E-state index contributed by atoms with van der Waals surface area (Å²) in [4.78, 5) is 27.0. The number of hydrogen-bond acceptors (Lipinski definition) is 5. The van der Waals surface area contributed by atoms with Gasteiger partial charge in [-0.15, -0.1) is 0 Å². The summed E-state index contributed by atoms with van der Waals surface area (Å²) in [5.74, 6) is 0.247. The van der Waals surface area contributed by atoms with E-state index >= 15 is 0 Å². The summed E-state index contributed by atoms with van der Waals surface area (Å²) < 4.78 is 16.5. The minimum Gasteiger partial charge on any atom is -0.490 e. The van der Waals surface area contributed by atoms with Crippen molar-refractivity contribution in [2.45, 2.75) is 33.3 Å². The lowest BCUT2D eigenvalue weighted by molar-refractivity contribution is -0.126. The Balaban J connectivity index is 1.70. The monoisotopic (exact) mass is 383 g/mol. The maximum Gasteiger partial charge on any atom is 0.339 e. The van der Waals surface area contributed by atoms with E-state index in [0.29, 0.717) is 36.8 Å². The van der Waals surface area contributed by atoms with E-state index in [-0.39, 0.29) is 5.91 Å². The van der Waals surface area contributed by atoms with Gasteiger partial charge in [0.2, 0.25) is 0 Å². The molecule has 0 saturated heterocycles. The summed E-state index contributed by atoms with van der Waals surface area (Å²) in [6, 6.07) is 12.6. The molecule has 1 aliphatic heterocycles. The molecule has 1 atom stereocenters. The van der Waals surface area contributed by atoms with Gasteiger partial charge in [-0.3, -0.25) is 4.79 Å². The average molecular weight is 383 g/mol. The molecule has 3 rings (SSSR count). The number of carbonyl (C=O) groups excluding carboxylic acids is 2. The van der Waals surface area contributed by atoms with Crippen molar-refractivity contribution in [3.63, 3.8) is 0 Å². The summed E-state index contributed by atoms with van der Waals surface area (Å²) in [5.41, 5.74) is 2.32. The molecule has 1 aliphatic rings. The molecule has 0 spiro atoms. The molecule has 28 heavy (non-hydrogen) atoms. The van der Waals surface area contributed by atoms with Gasteiger partial charge in [-0.25, -0.2) is 4.79 Å². The van der Waals surface area contributed by atoms with E-state index in [4.69, 9.17) is 14.2 Å². The summed E-state index contributed by atoms with van der Waals surface area (Å²) in [5, 5.41) is 0. The van der Waals surface area contributed by atoms with Crippen LogP contribution >= 0.6 is 0 Å². The Morgan fingerprint density at radius 3 is 2.50 bits per heavy atom. The second-order valence-electron chi connectivity index (χ2n) is 6.44. The van der Waals surface area contributed by atoms with Crippen molar-refractivity contribution < 1.29 is 23.8 Å². The van der Waals surface area contributed by atoms with Crippen LogP contribution in [0.3, 0.4) is 0 Å². The topological polar surface area (TPSA) is 65.1 Å². The maximum absolute atomic E-state index is 12.8. The zero-order valence-corrected chi connectivity index (χ0v) is 16.4. The first kappa shape index (κ1) is 19.7. The molecular weight excluding hydrogens is 358 g/mol. The minimum atomic E-state index is -0.888. The quantitative estimate of drug-likeness (QED) is 0.684. The van der Waals surface area contributed by atoms with Crippen LogP contribution in [0.15, 0.2) is 42.5 Å². The van der Waals surface area contributed by atoms with E-state index < -0.39 is 12.1 Å². The Hall–Kier alpha value is -3.02. The highest BCUT2D eigenvalue weighted by atomic mass is 16.5. The van der Waals surface area contributed by atoms with E-state index in [1.54, 1.807) is 30.0 Å². The molecule has 6 heteroatoms. The number of nitrogens with zero attached hydrogens (tertiary/aromatic N) is 1. The molecule has 1 unspecified atom stereocenters. The van der Waals surface area contributed by atoms with Gasteiger partial charge in [0.05, 0.1) is 18.8 Å². The van der Waals surface area contributed by atoms with Crippen LogP contribution in [0.25, 0.3) is 0 Å². The fraction of sp³-hybridized carbons (Fsp3) is 0.364. The van der Waals surface area contributed by atoms with Crippen LogP contribution in [0.2, 0.25) is 0 Å². The summed E-state index contributed by atoms with van der Waals surface area (Å²) in [6.45, 7) is 6.86. The third-order valence-corrected chi connectivity index (χ3v) is 4.56. The van der Waals surface area contributed by atoms with Crippen molar-refractivity contribution in [2.75, 3.05) is 24.7 Å². The number of amides is 1. The van der Waals surface area contributed by atoms with Gasteiger partial charge in [-0.05, 0) is 57.0 Å². The lowest BCUT2D eigenvalue weighted by Crippen LogP contribution is -2.39. The number of benzene rings is 2. The number of esters is 1. The Kier molecular flexibility index (Phi) is 6.19. The molecular formula is C22H25NO5. The van der Waals surface area contributed by atoms with E-state index in [1.807, 2.05) is 38.1 Å². The number of rotatable bonds is 7. The predicted molar refractivity (Wildman–Crippen MR) is 106 cm³/mol. The van der Waals surface area contributed by atoms with Crippen molar-refractivity contribution in [3.05, 3.63) is 53.6 Å². The molecule has 0 radical (unpaired) electrons. The van der Waals surface area contributed by atoms with Crippen LogP contribution in [0.5, 0.6) is 11.5 Å². The van der Waals surface area contributed by atoms with Crippen LogP contribution in [0, 0.1) is 0 Å². The molecule has 0 aliphatic carbocycles. The molecule has 2 aromatic carbocycles. The van der Waals surface area contributed by atoms with Gasteiger partial charge < -0.3 is 19.1 Å². The Morgan fingerprint density at radius 1 is 1.04 bits per heavy atom. The molecule has 148 valence electrons. The molecule has 0 aromatic heterocycles. The van der Waals surface area contributed by atoms with Crippen LogP contribution in [0.4, 0.5) is 5.69 Å². The Labute approximate surface area is 165 Å². The van der Waals surface area contributed by atoms with Crippen LogP contribution in [-0.4, -0.2) is 37.7 Å². The number of anilines is 1. The summed E-state index contributed by atoms with van der Waals surface area (Å²) in [6.07, 6.45) is -0.0834. The molecule has 0 bridgehead atoms. The average Bonchev–Trinajstić information content (AvgIpc) is 3.13. The molecule has 0 saturated carbocycles. The molecule has 0 fully saturated rings. The minimum absolute atomic E-state index is 0.228. The molecule has 0 N–H and O–H groups in total. The van der Waals surface area contributed by atoms with Crippen molar-refractivity contribution in [1.82, 2.24) is 0 Å². The highest BCUT2D eigenvalue weighted by Crippen LogP contribution is 2.30. The summed E-state index contributed by atoms with van der Waals surface area (Å²) >= 11 is 0. The zero-order valence-electron chi connectivity index (χ0n) is 16.4. The lowest BCUT2D eigenvalue weighted by atomic mass is 10.2. The van der Waals surface area contributed by atoms with Gasteiger partial charge in [0.25, 0.3) is 5.91 Å². The van der Waals surface area contributed by atoms with E-state index in [2.05, 4.69) is 0 Å². The highest BCUT2D eigenvalue weighted by Gasteiger charge is 2.30. The van der Waals surface area contributed by atoms with Crippen LogP contribution < -0.4 is 14.4 Å².